The second kappa shape index (κ2) is 8.61. The number of rotatable bonds is 5. The van der Waals surface area contributed by atoms with Gasteiger partial charge in [-0.15, -0.1) is 0 Å². The Morgan fingerprint density at radius 2 is 1.96 bits per heavy atom. The molecule has 2 rings (SSSR count). The highest BCUT2D eigenvalue weighted by atomic mass is 32.2. The molecule has 26 heavy (non-hydrogen) atoms. The van der Waals surface area contributed by atoms with Gasteiger partial charge in [-0.2, -0.15) is 11.8 Å². The number of amides is 1. The van der Waals surface area contributed by atoms with Gasteiger partial charge in [0.25, 0.3) is 0 Å². The van der Waals surface area contributed by atoms with Crippen molar-refractivity contribution in [3.63, 3.8) is 0 Å². The van der Waals surface area contributed by atoms with E-state index in [0.717, 1.165) is 37.3 Å². The molecule has 4 N–H and O–H groups in total. The highest BCUT2D eigenvalue weighted by Crippen LogP contribution is 2.45. The minimum absolute atomic E-state index is 0.0513. The first-order valence-corrected chi connectivity index (χ1v) is 11.2. The highest BCUT2D eigenvalue weighted by Gasteiger charge is 2.48. The first kappa shape index (κ1) is 21.7. The van der Waals surface area contributed by atoms with E-state index >= 15 is 0 Å². The lowest BCUT2D eigenvalue weighted by Crippen LogP contribution is -2.62. The van der Waals surface area contributed by atoms with Crippen LogP contribution in [0.2, 0.25) is 0 Å². The lowest BCUT2D eigenvalue weighted by Gasteiger charge is -2.46. The van der Waals surface area contributed by atoms with Crippen molar-refractivity contribution in [2.75, 3.05) is 18.1 Å². The topological polar surface area (TPSA) is 84.2 Å². The third-order valence-electron chi connectivity index (χ3n) is 6.28. The predicted molar refractivity (Wildman–Crippen MR) is 109 cm³/mol. The number of nitrogens with one attached hydrogen (secondary N) is 2. The fourth-order valence-corrected chi connectivity index (χ4v) is 5.47. The quantitative estimate of drug-likeness (QED) is 0.679. The van der Waals surface area contributed by atoms with Crippen LogP contribution in [0, 0.1) is 17.3 Å². The van der Waals surface area contributed by atoms with Crippen molar-refractivity contribution in [1.29, 1.82) is 0 Å². The second-order valence-electron chi connectivity index (χ2n) is 9.21. The number of fused-ring (bicyclic) bond motifs is 2. The normalized spacial score (nSPS) is 31.3. The summed E-state index contributed by atoms with van der Waals surface area (Å²) in [5, 5.41) is 6.47. The van der Waals surface area contributed by atoms with E-state index in [1.165, 1.54) is 6.42 Å². The van der Waals surface area contributed by atoms with Crippen LogP contribution in [0.15, 0.2) is 0 Å². The Labute approximate surface area is 163 Å². The van der Waals surface area contributed by atoms with Crippen molar-refractivity contribution in [1.82, 2.24) is 10.6 Å². The summed E-state index contributed by atoms with van der Waals surface area (Å²) < 4.78 is 0. The molecule has 1 heterocycles. The molecule has 1 amide bonds. The lowest BCUT2D eigenvalue weighted by atomic mass is 9.64. The van der Waals surface area contributed by atoms with Crippen molar-refractivity contribution in [3.8, 4) is 0 Å². The maximum Gasteiger partial charge on any atom is 0.237 e. The Bertz CT molecular complexity index is 523. The molecule has 1 aliphatic heterocycles. The van der Waals surface area contributed by atoms with Gasteiger partial charge in [0.15, 0.2) is 5.78 Å². The first-order valence-electron chi connectivity index (χ1n) is 10.0. The van der Waals surface area contributed by atoms with Gasteiger partial charge in [-0.3, -0.25) is 9.59 Å². The standard InChI is InChI=1S/C20H37N3O2S/c1-13(2)16(21)18(25)23-14(3)17(24)20-8-6-7-15(11-20)19(4,5)12-26-10-9-22-20/h13-16,22H,6-12,21H2,1-5H3,(H,23,25)/t14-,15?,16-,20?/m0/s1. The molecule has 0 radical (unpaired) electrons. The Morgan fingerprint density at radius 1 is 1.27 bits per heavy atom. The van der Waals surface area contributed by atoms with E-state index in [1.54, 1.807) is 6.92 Å². The maximum absolute atomic E-state index is 13.4. The van der Waals surface area contributed by atoms with Crippen molar-refractivity contribution in [3.05, 3.63) is 0 Å². The second-order valence-corrected chi connectivity index (χ2v) is 10.3. The van der Waals surface area contributed by atoms with Crippen molar-refractivity contribution < 1.29 is 9.59 Å². The van der Waals surface area contributed by atoms with Gasteiger partial charge in [-0.25, -0.2) is 0 Å². The molecule has 6 heteroatoms. The van der Waals surface area contributed by atoms with Gasteiger partial charge in [0.05, 0.1) is 17.6 Å². The molecule has 2 aliphatic rings. The number of hydrogen-bond donors (Lipinski definition) is 3. The molecule has 2 bridgehead atoms. The van der Waals surface area contributed by atoms with Gasteiger partial charge >= 0.3 is 0 Å². The van der Waals surface area contributed by atoms with E-state index in [1.807, 2.05) is 25.6 Å². The SMILES string of the molecule is CC(C)[C@H](N)C(=O)N[C@@H](C)C(=O)C12CCCC(C1)C(C)(C)CSCCN2. The third kappa shape index (κ3) is 4.82. The van der Waals surface area contributed by atoms with Crippen LogP contribution in [0.25, 0.3) is 0 Å². The number of thioether (sulfide) groups is 1. The molecule has 0 aromatic carbocycles. The summed E-state index contributed by atoms with van der Waals surface area (Å²) in [6.07, 6.45) is 3.97. The molecule has 2 fully saturated rings. The number of Topliss-reactive ketones (excluding diaryl/α,β-unsaturated/α-hetero) is 1. The van der Waals surface area contributed by atoms with Crippen LogP contribution in [0.1, 0.15) is 60.3 Å². The minimum Gasteiger partial charge on any atom is -0.345 e. The van der Waals surface area contributed by atoms with Gasteiger partial charge < -0.3 is 16.4 Å². The summed E-state index contributed by atoms with van der Waals surface area (Å²) in [6, 6.07) is -1.10. The fourth-order valence-electron chi connectivity index (χ4n) is 4.32. The van der Waals surface area contributed by atoms with Crippen LogP contribution < -0.4 is 16.4 Å². The van der Waals surface area contributed by atoms with E-state index < -0.39 is 17.6 Å². The number of hydrogen-bond acceptors (Lipinski definition) is 5. The van der Waals surface area contributed by atoms with Crippen molar-refractivity contribution >= 4 is 23.5 Å². The number of carbonyl (C=O) groups excluding carboxylic acids is 2. The summed E-state index contributed by atoms with van der Waals surface area (Å²) in [7, 11) is 0. The highest BCUT2D eigenvalue weighted by molar-refractivity contribution is 7.99. The van der Waals surface area contributed by atoms with Gasteiger partial charge in [-0.05, 0) is 49.2 Å². The zero-order valence-corrected chi connectivity index (χ0v) is 17.9. The van der Waals surface area contributed by atoms with E-state index in [0.29, 0.717) is 5.92 Å². The minimum atomic E-state index is -0.578. The molecule has 150 valence electrons. The number of carbonyl (C=O) groups is 2. The zero-order chi connectivity index (χ0) is 19.5. The fraction of sp³-hybridized carbons (Fsp3) is 0.900. The summed E-state index contributed by atoms with van der Waals surface area (Å²) >= 11 is 1.97. The van der Waals surface area contributed by atoms with Gasteiger partial charge in [0.2, 0.25) is 5.91 Å². The van der Waals surface area contributed by atoms with E-state index in [9.17, 15) is 9.59 Å². The van der Waals surface area contributed by atoms with Crippen LogP contribution >= 0.6 is 11.8 Å². The molecular weight excluding hydrogens is 346 g/mol. The molecule has 1 aliphatic carbocycles. The Balaban J connectivity index is 2.16. The Kier molecular flexibility index (Phi) is 7.19. The summed E-state index contributed by atoms with van der Waals surface area (Å²) in [5.74, 6) is 2.62. The molecule has 0 aromatic rings. The van der Waals surface area contributed by atoms with Crippen molar-refractivity contribution in [2.24, 2.45) is 23.0 Å². The van der Waals surface area contributed by atoms with Gasteiger partial charge in [-0.1, -0.05) is 34.1 Å². The van der Waals surface area contributed by atoms with Crippen LogP contribution in [0.3, 0.4) is 0 Å². The van der Waals surface area contributed by atoms with Gasteiger partial charge in [0.1, 0.15) is 0 Å². The molecule has 1 saturated heterocycles. The molecule has 0 aromatic heterocycles. The van der Waals surface area contributed by atoms with E-state index in [4.69, 9.17) is 5.73 Å². The third-order valence-corrected chi connectivity index (χ3v) is 7.73. The van der Waals surface area contributed by atoms with Crippen LogP contribution in [-0.4, -0.2) is 47.4 Å². The van der Waals surface area contributed by atoms with E-state index in [-0.39, 0.29) is 23.0 Å². The predicted octanol–water partition coefficient (Wildman–Crippen LogP) is 2.34. The molecule has 5 nitrogen and oxygen atoms in total. The lowest BCUT2D eigenvalue weighted by molar-refractivity contribution is -0.134. The Hall–Kier alpha value is -0.590. The summed E-state index contributed by atoms with van der Waals surface area (Å²) in [5.41, 5.74) is 5.66. The number of nitrogens with two attached hydrogens (primary N) is 1. The van der Waals surface area contributed by atoms with Crippen molar-refractivity contribution in [2.45, 2.75) is 77.9 Å². The molecule has 0 spiro atoms. The maximum atomic E-state index is 13.4. The Morgan fingerprint density at radius 3 is 2.62 bits per heavy atom. The van der Waals surface area contributed by atoms with Crippen LogP contribution in [0.5, 0.6) is 0 Å². The number of ketones is 1. The molecule has 2 unspecified atom stereocenters. The smallest absolute Gasteiger partial charge is 0.237 e. The zero-order valence-electron chi connectivity index (χ0n) is 17.1. The molecule has 1 saturated carbocycles. The monoisotopic (exact) mass is 383 g/mol. The average Bonchev–Trinajstić information content (AvgIpc) is 2.63. The van der Waals surface area contributed by atoms with Crippen LogP contribution in [-0.2, 0) is 9.59 Å². The molecular formula is C20H37N3O2S. The van der Waals surface area contributed by atoms with Gasteiger partial charge in [0, 0.05) is 12.3 Å². The molecule has 4 atom stereocenters. The summed E-state index contributed by atoms with van der Waals surface area (Å²) in [6.45, 7) is 11.2. The first-order chi connectivity index (χ1) is 12.1. The van der Waals surface area contributed by atoms with E-state index in [2.05, 4.69) is 24.5 Å². The largest absolute Gasteiger partial charge is 0.345 e. The van der Waals surface area contributed by atoms with Crippen LogP contribution in [0.4, 0.5) is 0 Å². The summed E-state index contributed by atoms with van der Waals surface area (Å²) in [4.78, 5) is 25.7. The average molecular weight is 384 g/mol.